The Hall–Kier alpha value is -0.980. The molecule has 0 heterocycles. The van der Waals surface area contributed by atoms with Crippen LogP contribution >= 0.6 is 0 Å². The molecule has 2 rings (SSSR count). The van der Waals surface area contributed by atoms with Gasteiger partial charge < -0.3 is 5.11 Å². The van der Waals surface area contributed by atoms with E-state index in [-0.39, 0.29) is 5.41 Å². The van der Waals surface area contributed by atoms with E-state index in [0.29, 0.717) is 11.7 Å². The van der Waals surface area contributed by atoms with Gasteiger partial charge in [-0.25, -0.2) is 0 Å². The molecular weight excluding hydrogens is 280 g/mol. The van der Waals surface area contributed by atoms with Gasteiger partial charge in [0.1, 0.15) is 5.75 Å². The molecule has 1 N–H and O–H groups in total. The third-order valence-corrected chi connectivity index (χ3v) is 5.37. The Morgan fingerprint density at radius 2 is 1.70 bits per heavy atom. The first-order valence-electron chi connectivity index (χ1n) is 9.79. The number of benzene rings is 1. The minimum atomic E-state index is 0.00687. The number of hydrogen-bond donors (Lipinski definition) is 1. The van der Waals surface area contributed by atoms with Crippen molar-refractivity contribution < 1.29 is 5.11 Å². The molecule has 23 heavy (non-hydrogen) atoms. The van der Waals surface area contributed by atoms with Gasteiger partial charge in [-0.3, -0.25) is 0 Å². The molecule has 0 unspecified atom stereocenters. The molecule has 1 aliphatic carbocycles. The molecule has 0 amide bonds. The Labute approximate surface area is 143 Å². The maximum atomic E-state index is 10.9. The largest absolute Gasteiger partial charge is 0.507 e. The third-order valence-electron chi connectivity index (χ3n) is 5.37. The van der Waals surface area contributed by atoms with E-state index in [9.17, 15) is 5.11 Å². The predicted octanol–water partition coefficient (Wildman–Crippen LogP) is 6.86. The van der Waals surface area contributed by atoms with Gasteiger partial charge in [0, 0.05) is 0 Å². The summed E-state index contributed by atoms with van der Waals surface area (Å²) in [6.07, 6.45) is 12.9. The first kappa shape index (κ1) is 18.4. The number of aromatic hydroxyl groups is 1. The Kier molecular flexibility index (Phi) is 6.56. The number of hydrogen-bond acceptors (Lipinski definition) is 1. The Balaban J connectivity index is 2.27. The molecule has 0 saturated heterocycles. The van der Waals surface area contributed by atoms with Crippen LogP contribution in [0.15, 0.2) is 12.1 Å². The summed E-state index contributed by atoms with van der Waals surface area (Å²) in [7, 11) is 0. The smallest absolute Gasteiger partial charge is 0.122 e. The molecule has 1 aromatic rings. The van der Waals surface area contributed by atoms with Crippen LogP contribution in [0.5, 0.6) is 5.75 Å². The van der Waals surface area contributed by atoms with Crippen LogP contribution in [0.25, 0.3) is 0 Å². The summed E-state index contributed by atoms with van der Waals surface area (Å²) in [5.74, 6) is 1.15. The first-order chi connectivity index (χ1) is 10.9. The van der Waals surface area contributed by atoms with Crippen LogP contribution in [0, 0.1) is 0 Å². The first-order valence-corrected chi connectivity index (χ1v) is 9.79. The molecule has 0 aliphatic heterocycles. The van der Waals surface area contributed by atoms with Gasteiger partial charge in [-0.1, -0.05) is 78.4 Å². The SMILES string of the molecule is CCCCCCc1cc(C2CCCCC2)c(O)c(C(C)(C)C)c1. The summed E-state index contributed by atoms with van der Waals surface area (Å²) < 4.78 is 0. The Morgan fingerprint density at radius 1 is 1.00 bits per heavy atom. The molecular formula is C22H36O. The van der Waals surface area contributed by atoms with E-state index in [1.807, 2.05) is 0 Å². The molecule has 0 spiro atoms. The summed E-state index contributed by atoms with van der Waals surface area (Å²) in [4.78, 5) is 0. The fourth-order valence-electron chi connectivity index (χ4n) is 3.92. The van der Waals surface area contributed by atoms with E-state index < -0.39 is 0 Å². The molecule has 1 aromatic carbocycles. The van der Waals surface area contributed by atoms with Crippen molar-refractivity contribution in [1.82, 2.24) is 0 Å². The second-order valence-electron chi connectivity index (χ2n) is 8.48. The van der Waals surface area contributed by atoms with Crippen molar-refractivity contribution in [2.45, 2.75) is 103 Å². The van der Waals surface area contributed by atoms with Gasteiger partial charge in [0.25, 0.3) is 0 Å². The van der Waals surface area contributed by atoms with Gasteiger partial charge in [0.2, 0.25) is 0 Å². The highest BCUT2D eigenvalue weighted by Crippen LogP contribution is 2.42. The quantitative estimate of drug-likeness (QED) is 0.568. The van der Waals surface area contributed by atoms with E-state index in [1.165, 1.54) is 68.9 Å². The van der Waals surface area contributed by atoms with Crippen LogP contribution in [0.2, 0.25) is 0 Å². The molecule has 0 atom stereocenters. The van der Waals surface area contributed by atoms with Crippen molar-refractivity contribution in [3.63, 3.8) is 0 Å². The lowest BCUT2D eigenvalue weighted by molar-refractivity contribution is 0.402. The van der Waals surface area contributed by atoms with Crippen LogP contribution in [0.4, 0.5) is 0 Å². The molecule has 0 aromatic heterocycles. The topological polar surface area (TPSA) is 20.2 Å². The molecule has 1 aliphatic rings. The maximum absolute atomic E-state index is 10.9. The Bertz CT molecular complexity index is 489. The van der Waals surface area contributed by atoms with Crippen molar-refractivity contribution in [3.05, 3.63) is 28.8 Å². The zero-order chi connectivity index (χ0) is 16.9. The standard InChI is InChI=1S/C22H36O/c1-5-6-7-9-12-17-15-19(18-13-10-8-11-14-18)21(23)20(16-17)22(2,3)4/h15-16,18,23H,5-14H2,1-4H3. The summed E-state index contributed by atoms with van der Waals surface area (Å²) in [6.45, 7) is 8.91. The fraction of sp³-hybridized carbons (Fsp3) is 0.727. The summed E-state index contributed by atoms with van der Waals surface area (Å²) in [5.41, 5.74) is 3.82. The van der Waals surface area contributed by atoms with Crippen LogP contribution in [0.1, 0.15) is 108 Å². The van der Waals surface area contributed by atoms with Gasteiger partial charge >= 0.3 is 0 Å². The van der Waals surface area contributed by atoms with Crippen molar-refractivity contribution >= 4 is 0 Å². The van der Waals surface area contributed by atoms with Crippen molar-refractivity contribution in [2.75, 3.05) is 0 Å². The zero-order valence-corrected chi connectivity index (χ0v) is 15.8. The van der Waals surface area contributed by atoms with Crippen molar-refractivity contribution in [2.24, 2.45) is 0 Å². The molecule has 0 bridgehead atoms. The van der Waals surface area contributed by atoms with Gasteiger partial charge in [-0.15, -0.1) is 0 Å². The van der Waals surface area contributed by atoms with Gasteiger partial charge in [-0.2, -0.15) is 0 Å². The van der Waals surface area contributed by atoms with E-state index in [4.69, 9.17) is 0 Å². The zero-order valence-electron chi connectivity index (χ0n) is 15.8. The summed E-state index contributed by atoms with van der Waals surface area (Å²) in [5, 5.41) is 10.9. The van der Waals surface area contributed by atoms with E-state index >= 15 is 0 Å². The number of aryl methyl sites for hydroxylation is 1. The van der Waals surface area contributed by atoms with Gasteiger partial charge in [0.15, 0.2) is 0 Å². The second kappa shape index (κ2) is 8.22. The normalized spacial score (nSPS) is 16.7. The highest BCUT2D eigenvalue weighted by Gasteiger charge is 2.25. The highest BCUT2D eigenvalue weighted by molar-refractivity contribution is 5.48. The number of phenolic OH excluding ortho intramolecular Hbond substituents is 1. The van der Waals surface area contributed by atoms with Gasteiger partial charge in [0.05, 0.1) is 0 Å². The van der Waals surface area contributed by atoms with E-state index in [1.54, 1.807) is 0 Å². The average molecular weight is 317 g/mol. The maximum Gasteiger partial charge on any atom is 0.122 e. The molecule has 130 valence electrons. The predicted molar refractivity (Wildman–Crippen MR) is 100 cm³/mol. The number of rotatable bonds is 6. The molecule has 0 radical (unpaired) electrons. The van der Waals surface area contributed by atoms with Crippen LogP contribution in [-0.4, -0.2) is 5.11 Å². The van der Waals surface area contributed by atoms with Crippen LogP contribution in [0.3, 0.4) is 0 Å². The average Bonchev–Trinajstić information content (AvgIpc) is 2.52. The minimum absolute atomic E-state index is 0.00687. The molecule has 1 nitrogen and oxygen atoms in total. The summed E-state index contributed by atoms with van der Waals surface area (Å²) >= 11 is 0. The lowest BCUT2D eigenvalue weighted by Gasteiger charge is -2.28. The monoisotopic (exact) mass is 316 g/mol. The minimum Gasteiger partial charge on any atom is -0.507 e. The lowest BCUT2D eigenvalue weighted by atomic mass is 9.78. The van der Waals surface area contributed by atoms with Crippen LogP contribution < -0.4 is 0 Å². The van der Waals surface area contributed by atoms with Crippen molar-refractivity contribution in [3.8, 4) is 5.75 Å². The number of phenols is 1. The van der Waals surface area contributed by atoms with E-state index in [0.717, 1.165) is 12.0 Å². The Morgan fingerprint density at radius 3 is 2.30 bits per heavy atom. The molecule has 1 saturated carbocycles. The highest BCUT2D eigenvalue weighted by atomic mass is 16.3. The van der Waals surface area contributed by atoms with E-state index in [2.05, 4.69) is 39.8 Å². The fourth-order valence-corrected chi connectivity index (χ4v) is 3.92. The molecule has 1 heteroatoms. The number of unbranched alkanes of at least 4 members (excludes halogenated alkanes) is 3. The second-order valence-corrected chi connectivity index (χ2v) is 8.48. The van der Waals surface area contributed by atoms with Crippen molar-refractivity contribution in [1.29, 1.82) is 0 Å². The summed E-state index contributed by atoms with van der Waals surface area (Å²) in [6, 6.07) is 4.60. The third kappa shape index (κ3) is 4.99. The van der Waals surface area contributed by atoms with Crippen LogP contribution in [-0.2, 0) is 11.8 Å². The molecule has 1 fully saturated rings. The van der Waals surface area contributed by atoms with Gasteiger partial charge in [-0.05, 0) is 53.7 Å². The lowest BCUT2D eigenvalue weighted by Crippen LogP contribution is -2.14.